The maximum absolute atomic E-state index is 11.5. The van der Waals surface area contributed by atoms with E-state index in [0.29, 0.717) is 12.6 Å². The van der Waals surface area contributed by atoms with E-state index in [1.807, 2.05) is 12.3 Å². The van der Waals surface area contributed by atoms with Crippen LogP contribution in [0.15, 0.2) is 5.38 Å². The number of hydrogen-bond donors (Lipinski definition) is 2. The van der Waals surface area contributed by atoms with Gasteiger partial charge < -0.3 is 10.6 Å². The van der Waals surface area contributed by atoms with Crippen LogP contribution in [0.4, 0.5) is 4.79 Å². The van der Waals surface area contributed by atoms with Crippen LogP contribution in [0.5, 0.6) is 0 Å². The molecule has 0 atom stereocenters. The fraction of sp³-hybridized carbons (Fsp3) is 0.636. The lowest BCUT2D eigenvalue weighted by Crippen LogP contribution is -2.40. The van der Waals surface area contributed by atoms with Crippen molar-refractivity contribution in [1.82, 2.24) is 15.6 Å². The predicted molar refractivity (Wildman–Crippen MR) is 64.5 cm³/mol. The molecule has 2 amide bonds. The monoisotopic (exact) mass is 239 g/mol. The number of carbonyl (C=O) groups excluding carboxylic acids is 1. The lowest BCUT2D eigenvalue weighted by atomic mass is 10.3. The normalized spacial score (nSPS) is 16.3. The van der Waals surface area contributed by atoms with Crippen LogP contribution in [-0.4, -0.2) is 17.1 Å². The quantitative estimate of drug-likeness (QED) is 0.849. The van der Waals surface area contributed by atoms with Gasteiger partial charge in [-0.15, -0.1) is 11.3 Å². The molecule has 0 unspecified atom stereocenters. The number of urea groups is 1. The largest absolute Gasteiger partial charge is 0.335 e. The van der Waals surface area contributed by atoms with Crippen LogP contribution in [0.1, 0.15) is 36.4 Å². The number of hydrogen-bond acceptors (Lipinski definition) is 3. The molecule has 1 aromatic heterocycles. The Bertz CT molecular complexity index is 358. The van der Waals surface area contributed by atoms with Gasteiger partial charge in [-0.2, -0.15) is 0 Å². The number of aryl methyl sites for hydroxylation is 1. The van der Waals surface area contributed by atoms with E-state index in [4.69, 9.17) is 0 Å². The Kier molecular flexibility index (Phi) is 3.77. The Balaban J connectivity index is 1.71. The third-order valence-electron chi connectivity index (χ3n) is 2.76. The molecule has 0 aromatic carbocycles. The number of amides is 2. The van der Waals surface area contributed by atoms with Gasteiger partial charge in [-0.25, -0.2) is 9.78 Å². The zero-order valence-electron chi connectivity index (χ0n) is 9.45. The van der Waals surface area contributed by atoms with Crippen LogP contribution in [0.3, 0.4) is 0 Å². The third kappa shape index (κ3) is 3.20. The molecule has 0 radical (unpaired) electrons. The number of thiazole rings is 1. The molecule has 0 saturated heterocycles. The Labute approximate surface area is 99.5 Å². The summed E-state index contributed by atoms with van der Waals surface area (Å²) in [5.74, 6) is 0. The molecule has 2 rings (SSSR count). The van der Waals surface area contributed by atoms with Crippen molar-refractivity contribution in [3.05, 3.63) is 16.1 Å². The van der Waals surface area contributed by atoms with Gasteiger partial charge in [-0.05, 0) is 19.8 Å². The van der Waals surface area contributed by atoms with E-state index in [1.165, 1.54) is 12.8 Å². The summed E-state index contributed by atoms with van der Waals surface area (Å²) in [5.41, 5.74) is 1.01. The molecule has 16 heavy (non-hydrogen) atoms. The minimum absolute atomic E-state index is 0.0697. The second-order valence-electron chi connectivity index (χ2n) is 4.19. The highest BCUT2D eigenvalue weighted by Crippen LogP contribution is 2.17. The van der Waals surface area contributed by atoms with E-state index >= 15 is 0 Å². The maximum atomic E-state index is 11.5. The van der Waals surface area contributed by atoms with E-state index in [-0.39, 0.29) is 6.03 Å². The summed E-state index contributed by atoms with van der Waals surface area (Å²) in [5, 5.41) is 8.77. The van der Waals surface area contributed by atoms with E-state index in [9.17, 15) is 4.79 Å². The van der Waals surface area contributed by atoms with Crippen LogP contribution in [0, 0.1) is 6.92 Å². The molecule has 1 aromatic rings. The first kappa shape index (κ1) is 11.4. The summed E-state index contributed by atoms with van der Waals surface area (Å²) in [6.07, 6.45) is 4.70. The summed E-state index contributed by atoms with van der Waals surface area (Å²) in [4.78, 5) is 15.8. The SMILES string of the molecule is Cc1csc(CNC(=O)NC2CCCC2)n1. The van der Waals surface area contributed by atoms with Gasteiger partial charge in [0.05, 0.1) is 6.54 Å². The average molecular weight is 239 g/mol. The molecule has 0 spiro atoms. The van der Waals surface area contributed by atoms with Gasteiger partial charge in [-0.1, -0.05) is 12.8 Å². The van der Waals surface area contributed by atoms with Gasteiger partial charge in [0.15, 0.2) is 0 Å². The highest BCUT2D eigenvalue weighted by atomic mass is 32.1. The lowest BCUT2D eigenvalue weighted by molar-refractivity contribution is 0.236. The summed E-state index contributed by atoms with van der Waals surface area (Å²) >= 11 is 1.58. The Hall–Kier alpha value is -1.10. The number of carbonyl (C=O) groups is 1. The summed E-state index contributed by atoms with van der Waals surface area (Å²) in [6, 6.07) is 0.304. The average Bonchev–Trinajstić information content (AvgIpc) is 2.87. The van der Waals surface area contributed by atoms with Crippen LogP contribution in [0.2, 0.25) is 0 Å². The minimum atomic E-state index is -0.0697. The first-order chi connectivity index (χ1) is 7.74. The van der Waals surface area contributed by atoms with Crippen molar-refractivity contribution in [3.8, 4) is 0 Å². The first-order valence-corrected chi connectivity index (χ1v) is 6.57. The van der Waals surface area contributed by atoms with Gasteiger partial charge in [0.1, 0.15) is 5.01 Å². The molecule has 2 N–H and O–H groups in total. The summed E-state index contributed by atoms with van der Waals surface area (Å²) in [6.45, 7) is 2.48. The highest BCUT2D eigenvalue weighted by molar-refractivity contribution is 7.09. The second-order valence-corrected chi connectivity index (χ2v) is 5.13. The van der Waals surface area contributed by atoms with Gasteiger partial charge in [0.25, 0.3) is 0 Å². The Morgan fingerprint density at radius 2 is 2.31 bits per heavy atom. The van der Waals surface area contributed by atoms with Crippen molar-refractivity contribution in [2.75, 3.05) is 0 Å². The summed E-state index contributed by atoms with van der Waals surface area (Å²) in [7, 11) is 0. The first-order valence-electron chi connectivity index (χ1n) is 5.69. The molecular formula is C11H17N3OS. The Morgan fingerprint density at radius 3 is 2.94 bits per heavy atom. The number of rotatable bonds is 3. The molecule has 88 valence electrons. The zero-order valence-corrected chi connectivity index (χ0v) is 10.3. The molecule has 4 nitrogen and oxygen atoms in total. The van der Waals surface area contributed by atoms with Crippen molar-refractivity contribution in [3.63, 3.8) is 0 Å². The molecule has 1 fully saturated rings. The third-order valence-corrected chi connectivity index (χ3v) is 3.72. The second kappa shape index (κ2) is 5.30. The van der Waals surface area contributed by atoms with Crippen LogP contribution in [0.25, 0.3) is 0 Å². The molecule has 5 heteroatoms. The molecule has 1 aliphatic carbocycles. The standard InChI is InChI=1S/C11H17N3OS/c1-8-7-16-10(13-8)6-12-11(15)14-9-4-2-3-5-9/h7,9H,2-6H2,1H3,(H2,12,14,15). The van der Waals surface area contributed by atoms with E-state index < -0.39 is 0 Å². The van der Waals surface area contributed by atoms with Crippen molar-refractivity contribution in [1.29, 1.82) is 0 Å². The summed E-state index contributed by atoms with van der Waals surface area (Å²) < 4.78 is 0. The van der Waals surface area contributed by atoms with Crippen molar-refractivity contribution >= 4 is 17.4 Å². The Morgan fingerprint density at radius 1 is 1.56 bits per heavy atom. The van der Waals surface area contributed by atoms with E-state index in [2.05, 4.69) is 15.6 Å². The highest BCUT2D eigenvalue weighted by Gasteiger charge is 2.16. The van der Waals surface area contributed by atoms with Crippen molar-refractivity contribution < 1.29 is 4.79 Å². The smallest absolute Gasteiger partial charge is 0.315 e. The van der Waals surface area contributed by atoms with Crippen molar-refractivity contribution in [2.45, 2.75) is 45.2 Å². The predicted octanol–water partition coefficient (Wildman–Crippen LogP) is 2.19. The molecule has 1 saturated carbocycles. The van der Waals surface area contributed by atoms with E-state index in [1.54, 1.807) is 11.3 Å². The van der Waals surface area contributed by atoms with Gasteiger partial charge in [-0.3, -0.25) is 0 Å². The maximum Gasteiger partial charge on any atom is 0.315 e. The lowest BCUT2D eigenvalue weighted by Gasteiger charge is -2.12. The fourth-order valence-corrected chi connectivity index (χ4v) is 2.66. The van der Waals surface area contributed by atoms with Crippen LogP contribution >= 0.6 is 11.3 Å². The van der Waals surface area contributed by atoms with Gasteiger partial charge in [0, 0.05) is 17.1 Å². The minimum Gasteiger partial charge on any atom is -0.335 e. The molecule has 0 aliphatic heterocycles. The topological polar surface area (TPSA) is 54.0 Å². The fourth-order valence-electron chi connectivity index (χ4n) is 1.95. The molecule has 0 bridgehead atoms. The van der Waals surface area contributed by atoms with Gasteiger partial charge >= 0.3 is 6.03 Å². The molecule has 1 aliphatic rings. The van der Waals surface area contributed by atoms with Crippen molar-refractivity contribution in [2.24, 2.45) is 0 Å². The van der Waals surface area contributed by atoms with Crippen LogP contribution < -0.4 is 10.6 Å². The zero-order chi connectivity index (χ0) is 11.4. The number of nitrogens with zero attached hydrogens (tertiary/aromatic N) is 1. The number of aromatic nitrogens is 1. The van der Waals surface area contributed by atoms with Crippen LogP contribution in [-0.2, 0) is 6.54 Å². The molecular weight excluding hydrogens is 222 g/mol. The van der Waals surface area contributed by atoms with Gasteiger partial charge in [0.2, 0.25) is 0 Å². The molecule has 1 heterocycles. The number of nitrogens with one attached hydrogen (secondary N) is 2. The van der Waals surface area contributed by atoms with E-state index in [0.717, 1.165) is 23.5 Å².